The van der Waals surface area contributed by atoms with Crippen molar-refractivity contribution in [1.82, 2.24) is 10.2 Å². The van der Waals surface area contributed by atoms with Crippen LogP contribution in [-0.2, 0) is 6.54 Å². The molecule has 0 unspecified atom stereocenters. The van der Waals surface area contributed by atoms with E-state index in [0.717, 1.165) is 11.3 Å². The second-order valence-corrected chi connectivity index (χ2v) is 7.52. The van der Waals surface area contributed by atoms with Crippen LogP contribution >= 0.6 is 11.6 Å². The molecular formula is C21H25ClN2O4. The van der Waals surface area contributed by atoms with E-state index in [0.29, 0.717) is 30.1 Å². The van der Waals surface area contributed by atoms with E-state index in [1.54, 1.807) is 36.3 Å². The highest BCUT2D eigenvalue weighted by atomic mass is 35.5. The molecule has 150 valence electrons. The topological polar surface area (TPSA) is 82.0 Å². The van der Waals surface area contributed by atoms with Gasteiger partial charge in [-0.15, -0.1) is 0 Å². The third-order valence-corrected chi connectivity index (χ3v) is 5.35. The minimum absolute atomic E-state index is 0.0821. The number of benzene rings is 2. The van der Waals surface area contributed by atoms with Gasteiger partial charge in [0.2, 0.25) is 0 Å². The third kappa shape index (κ3) is 4.83. The summed E-state index contributed by atoms with van der Waals surface area (Å²) >= 11 is 5.86. The van der Waals surface area contributed by atoms with Gasteiger partial charge in [0.1, 0.15) is 17.5 Å². The van der Waals surface area contributed by atoms with Crippen LogP contribution in [0.4, 0.5) is 0 Å². The fraction of sp³-hybridized carbons (Fsp3) is 0.381. The number of methoxy groups -OCH3 is 1. The fourth-order valence-electron chi connectivity index (χ4n) is 3.34. The zero-order chi connectivity index (χ0) is 20.1. The Labute approximate surface area is 169 Å². The number of halogens is 1. The maximum Gasteiger partial charge on any atom is 0.253 e. The number of aliphatic hydroxyl groups excluding tert-OH is 1. The van der Waals surface area contributed by atoms with Crippen LogP contribution in [0.3, 0.4) is 0 Å². The van der Waals surface area contributed by atoms with Gasteiger partial charge in [-0.3, -0.25) is 4.79 Å². The maximum atomic E-state index is 12.6. The van der Waals surface area contributed by atoms with Crippen molar-refractivity contribution in [3.63, 3.8) is 0 Å². The first kappa shape index (κ1) is 20.6. The minimum atomic E-state index is -1.28. The van der Waals surface area contributed by atoms with Crippen molar-refractivity contribution < 1.29 is 19.7 Å². The number of nitrogens with zero attached hydrogens (tertiary/aromatic N) is 1. The van der Waals surface area contributed by atoms with Gasteiger partial charge in [-0.2, -0.15) is 0 Å². The lowest BCUT2D eigenvalue weighted by atomic mass is 9.88. The molecule has 0 aromatic heterocycles. The zero-order valence-corrected chi connectivity index (χ0v) is 16.5. The molecule has 0 spiro atoms. The highest BCUT2D eigenvalue weighted by Crippen LogP contribution is 2.24. The summed E-state index contributed by atoms with van der Waals surface area (Å²) in [6.45, 7) is 1.22. The first-order chi connectivity index (χ1) is 13.4. The molecule has 6 nitrogen and oxygen atoms in total. The average molecular weight is 405 g/mol. The Morgan fingerprint density at radius 1 is 1.32 bits per heavy atom. The second kappa shape index (κ2) is 8.92. The van der Waals surface area contributed by atoms with E-state index in [9.17, 15) is 15.0 Å². The molecule has 7 heteroatoms. The van der Waals surface area contributed by atoms with E-state index in [2.05, 4.69) is 5.32 Å². The number of carbonyl (C=O) groups is 1. The molecular weight excluding hydrogens is 380 g/mol. The SMILES string of the molecule is COc1cccc(CNC[C@@]2(O)CCN(C(=O)c3ccc(Cl)cc3)C[C@@H]2O)c1. The van der Waals surface area contributed by atoms with Crippen LogP contribution in [0.15, 0.2) is 48.5 Å². The van der Waals surface area contributed by atoms with Gasteiger partial charge >= 0.3 is 0 Å². The lowest BCUT2D eigenvalue weighted by Gasteiger charge is -2.42. The smallest absolute Gasteiger partial charge is 0.253 e. The molecule has 1 aliphatic rings. The number of nitrogens with one attached hydrogen (secondary N) is 1. The van der Waals surface area contributed by atoms with E-state index < -0.39 is 11.7 Å². The van der Waals surface area contributed by atoms with Crippen LogP contribution in [0.2, 0.25) is 5.02 Å². The van der Waals surface area contributed by atoms with Gasteiger partial charge in [-0.05, 0) is 48.4 Å². The Hall–Kier alpha value is -2.12. The molecule has 0 radical (unpaired) electrons. The Morgan fingerprint density at radius 2 is 2.07 bits per heavy atom. The summed E-state index contributed by atoms with van der Waals surface area (Å²) in [5.41, 5.74) is 0.251. The summed E-state index contributed by atoms with van der Waals surface area (Å²) in [5, 5.41) is 25.1. The number of piperidine rings is 1. The van der Waals surface area contributed by atoms with Gasteiger partial charge in [0.25, 0.3) is 5.91 Å². The molecule has 2 aromatic carbocycles. The Bertz CT molecular complexity index is 814. The molecule has 0 saturated carbocycles. The highest BCUT2D eigenvalue weighted by Gasteiger charge is 2.41. The molecule has 0 aliphatic carbocycles. The molecule has 0 bridgehead atoms. The highest BCUT2D eigenvalue weighted by molar-refractivity contribution is 6.30. The minimum Gasteiger partial charge on any atom is -0.497 e. The molecule has 1 heterocycles. The molecule has 1 saturated heterocycles. The molecule has 1 aliphatic heterocycles. The van der Waals surface area contributed by atoms with Crippen molar-refractivity contribution in [2.45, 2.75) is 24.7 Å². The average Bonchev–Trinajstić information content (AvgIpc) is 2.70. The first-order valence-electron chi connectivity index (χ1n) is 9.20. The standard InChI is InChI=1S/C21H25ClN2O4/c1-28-18-4-2-3-15(11-18)12-23-14-21(27)9-10-24(13-19(21)25)20(26)16-5-7-17(22)8-6-16/h2-8,11,19,23,25,27H,9-10,12-14H2,1H3/t19-,21-/m0/s1. The molecule has 1 amide bonds. The largest absolute Gasteiger partial charge is 0.497 e. The van der Waals surface area contributed by atoms with Crippen LogP contribution in [-0.4, -0.2) is 59.5 Å². The van der Waals surface area contributed by atoms with E-state index in [1.807, 2.05) is 24.3 Å². The van der Waals surface area contributed by atoms with Crippen LogP contribution in [0.5, 0.6) is 5.75 Å². The Balaban J connectivity index is 1.54. The van der Waals surface area contributed by atoms with E-state index >= 15 is 0 Å². The monoisotopic (exact) mass is 404 g/mol. The van der Waals surface area contributed by atoms with Crippen molar-refractivity contribution >= 4 is 17.5 Å². The number of rotatable bonds is 6. The Morgan fingerprint density at radius 3 is 2.75 bits per heavy atom. The summed E-state index contributed by atoms with van der Waals surface area (Å²) in [4.78, 5) is 14.1. The van der Waals surface area contributed by atoms with Gasteiger partial charge in [0.05, 0.1) is 7.11 Å². The number of ether oxygens (including phenoxy) is 1. The Kier molecular flexibility index (Phi) is 6.57. The van der Waals surface area contributed by atoms with Gasteiger partial charge in [0.15, 0.2) is 0 Å². The number of β-amino-alcohol motifs (C(OH)–C–C–N with tert-alkyl or cyclic N) is 1. The zero-order valence-electron chi connectivity index (χ0n) is 15.8. The van der Waals surface area contributed by atoms with Crippen LogP contribution in [0.1, 0.15) is 22.3 Å². The molecule has 3 N–H and O–H groups in total. The lowest BCUT2D eigenvalue weighted by Crippen LogP contribution is -2.60. The van der Waals surface area contributed by atoms with Crippen LogP contribution in [0, 0.1) is 0 Å². The normalized spacial score (nSPS) is 22.1. The van der Waals surface area contributed by atoms with E-state index in [4.69, 9.17) is 16.3 Å². The number of amides is 1. The summed E-state index contributed by atoms with van der Waals surface area (Å²) in [6.07, 6.45) is -0.742. The predicted octanol–water partition coefficient (Wildman–Crippen LogP) is 2.08. The number of aliphatic hydroxyl groups is 2. The molecule has 1 fully saturated rings. The first-order valence-corrected chi connectivity index (χ1v) is 9.58. The predicted molar refractivity (Wildman–Crippen MR) is 108 cm³/mol. The molecule has 2 atom stereocenters. The van der Waals surface area contributed by atoms with Crippen LogP contribution in [0.25, 0.3) is 0 Å². The fourth-order valence-corrected chi connectivity index (χ4v) is 3.46. The van der Waals surface area contributed by atoms with Gasteiger partial charge in [0, 0.05) is 36.8 Å². The summed E-state index contributed by atoms with van der Waals surface area (Å²) in [6, 6.07) is 14.3. The van der Waals surface area contributed by atoms with E-state index in [-0.39, 0.29) is 19.0 Å². The number of hydrogen-bond donors (Lipinski definition) is 3. The van der Waals surface area contributed by atoms with Crippen molar-refractivity contribution in [1.29, 1.82) is 0 Å². The second-order valence-electron chi connectivity index (χ2n) is 7.08. The van der Waals surface area contributed by atoms with Crippen LogP contribution < -0.4 is 10.1 Å². The summed E-state index contributed by atoms with van der Waals surface area (Å²) < 4.78 is 5.20. The summed E-state index contributed by atoms with van der Waals surface area (Å²) in [5.74, 6) is 0.592. The van der Waals surface area contributed by atoms with Gasteiger partial charge < -0.3 is 25.2 Å². The molecule has 28 heavy (non-hydrogen) atoms. The van der Waals surface area contributed by atoms with Crippen molar-refractivity contribution in [2.24, 2.45) is 0 Å². The number of hydrogen-bond acceptors (Lipinski definition) is 5. The molecule has 2 aromatic rings. The van der Waals surface area contributed by atoms with Gasteiger partial charge in [-0.25, -0.2) is 0 Å². The molecule has 3 rings (SSSR count). The van der Waals surface area contributed by atoms with Crippen molar-refractivity contribution in [2.75, 3.05) is 26.7 Å². The maximum absolute atomic E-state index is 12.6. The third-order valence-electron chi connectivity index (χ3n) is 5.10. The van der Waals surface area contributed by atoms with Gasteiger partial charge in [-0.1, -0.05) is 23.7 Å². The van der Waals surface area contributed by atoms with Crippen molar-refractivity contribution in [3.05, 3.63) is 64.7 Å². The lowest BCUT2D eigenvalue weighted by molar-refractivity contribution is -0.110. The van der Waals surface area contributed by atoms with E-state index in [1.165, 1.54) is 0 Å². The quantitative estimate of drug-likeness (QED) is 0.686. The number of carbonyl (C=O) groups excluding carboxylic acids is 1. The number of likely N-dealkylation sites (tertiary alicyclic amines) is 1. The summed E-state index contributed by atoms with van der Waals surface area (Å²) in [7, 11) is 1.62. The van der Waals surface area contributed by atoms with Crippen molar-refractivity contribution in [3.8, 4) is 5.75 Å².